The first-order valence-corrected chi connectivity index (χ1v) is 10.7. The van der Waals surface area contributed by atoms with Gasteiger partial charge in [0.15, 0.2) is 11.5 Å². The summed E-state index contributed by atoms with van der Waals surface area (Å²) in [5.74, 6) is -0.458. The van der Waals surface area contributed by atoms with Gasteiger partial charge in [-0.3, -0.25) is 9.59 Å². The zero-order valence-electron chi connectivity index (χ0n) is 18.1. The topological polar surface area (TPSA) is 85.3 Å². The van der Waals surface area contributed by atoms with Gasteiger partial charge in [0.05, 0.1) is 18.2 Å². The predicted octanol–water partition coefficient (Wildman–Crippen LogP) is 3.68. The summed E-state index contributed by atoms with van der Waals surface area (Å²) >= 11 is 0. The number of Topliss-reactive ketones (excluding diaryl/α,β-unsaturated/α-hetero) is 1. The minimum atomic E-state index is -0.776. The van der Waals surface area contributed by atoms with Crippen LogP contribution in [0, 0.1) is 0 Å². The normalized spacial score (nSPS) is 19.3. The molecular formula is C26H23NO6. The minimum absolute atomic E-state index is 0.0445. The van der Waals surface area contributed by atoms with E-state index in [-0.39, 0.29) is 24.5 Å². The van der Waals surface area contributed by atoms with Crippen LogP contribution >= 0.6 is 0 Å². The number of carbonyl (C=O) groups is 2. The summed E-state index contributed by atoms with van der Waals surface area (Å²) in [6, 6.07) is 17.7. The van der Waals surface area contributed by atoms with Crippen molar-refractivity contribution in [3.05, 3.63) is 77.4 Å². The lowest BCUT2D eigenvalue weighted by Crippen LogP contribution is -2.32. The number of rotatable bonds is 5. The van der Waals surface area contributed by atoms with Crippen LogP contribution in [-0.2, 0) is 14.3 Å². The van der Waals surface area contributed by atoms with E-state index in [1.165, 1.54) is 12.0 Å². The van der Waals surface area contributed by atoms with Gasteiger partial charge in [-0.1, -0.05) is 42.5 Å². The molecule has 0 aromatic heterocycles. The van der Waals surface area contributed by atoms with Crippen LogP contribution in [0.15, 0.2) is 66.2 Å². The molecule has 2 aliphatic heterocycles. The van der Waals surface area contributed by atoms with Gasteiger partial charge in [-0.25, -0.2) is 0 Å². The number of amides is 1. The number of benzene rings is 3. The Labute approximate surface area is 190 Å². The first-order chi connectivity index (χ1) is 16.1. The smallest absolute Gasteiger partial charge is 0.295 e. The molecule has 168 valence electrons. The fraction of sp³-hybridized carbons (Fsp3) is 0.231. The molecule has 0 spiro atoms. The molecule has 0 aliphatic carbocycles. The van der Waals surface area contributed by atoms with Crippen LogP contribution in [-0.4, -0.2) is 55.2 Å². The molecule has 1 amide bonds. The summed E-state index contributed by atoms with van der Waals surface area (Å²) in [4.78, 5) is 27.5. The van der Waals surface area contributed by atoms with Gasteiger partial charge in [0.1, 0.15) is 19.0 Å². The predicted molar refractivity (Wildman–Crippen MR) is 122 cm³/mol. The molecule has 2 heterocycles. The van der Waals surface area contributed by atoms with Crippen LogP contribution < -0.4 is 9.47 Å². The number of methoxy groups -OCH3 is 1. The lowest BCUT2D eigenvalue weighted by Gasteiger charge is -2.26. The highest BCUT2D eigenvalue weighted by atomic mass is 16.6. The minimum Gasteiger partial charge on any atom is -0.507 e. The Bertz CT molecular complexity index is 1280. The van der Waals surface area contributed by atoms with E-state index >= 15 is 0 Å². The van der Waals surface area contributed by atoms with Crippen LogP contribution in [0.5, 0.6) is 11.5 Å². The van der Waals surface area contributed by atoms with Gasteiger partial charge in [-0.05, 0) is 34.5 Å². The zero-order valence-corrected chi connectivity index (χ0v) is 18.1. The highest BCUT2D eigenvalue weighted by Crippen LogP contribution is 2.42. The summed E-state index contributed by atoms with van der Waals surface area (Å²) in [7, 11) is 1.53. The van der Waals surface area contributed by atoms with Crippen molar-refractivity contribution in [2.45, 2.75) is 6.04 Å². The number of aliphatic hydroxyl groups excluding tert-OH is 1. The molecule has 33 heavy (non-hydrogen) atoms. The molecule has 7 heteroatoms. The average Bonchev–Trinajstić information content (AvgIpc) is 3.11. The van der Waals surface area contributed by atoms with E-state index in [2.05, 4.69) is 0 Å². The molecule has 3 aromatic rings. The standard InChI is InChI=1S/C26H23NO6/c1-31-11-10-27-23(18-8-9-20-21(15-18)33-13-12-32-20)22(25(29)26(27)30)24(28)19-7-6-16-4-2-3-5-17(16)14-19/h2-9,14-15,23,28H,10-13H2,1H3/b24-22-. The number of aliphatic hydroxyl groups is 1. The Kier molecular flexibility index (Phi) is 5.48. The number of fused-ring (bicyclic) bond motifs is 2. The Morgan fingerprint density at radius 3 is 2.55 bits per heavy atom. The third-order valence-corrected chi connectivity index (χ3v) is 5.98. The molecular weight excluding hydrogens is 422 g/mol. The molecule has 0 bridgehead atoms. The Balaban J connectivity index is 1.65. The summed E-state index contributed by atoms with van der Waals surface area (Å²) in [6.07, 6.45) is 0. The Morgan fingerprint density at radius 2 is 1.76 bits per heavy atom. The number of hydrogen-bond acceptors (Lipinski definition) is 6. The number of carbonyl (C=O) groups excluding carboxylic acids is 2. The number of nitrogens with zero attached hydrogens (tertiary/aromatic N) is 1. The molecule has 1 unspecified atom stereocenters. The van der Waals surface area contributed by atoms with Gasteiger partial charge >= 0.3 is 0 Å². The molecule has 5 rings (SSSR count). The maximum Gasteiger partial charge on any atom is 0.295 e. The van der Waals surface area contributed by atoms with Crippen molar-refractivity contribution in [1.82, 2.24) is 4.90 Å². The number of likely N-dealkylation sites (tertiary alicyclic amines) is 1. The Morgan fingerprint density at radius 1 is 1.00 bits per heavy atom. The fourth-order valence-electron chi connectivity index (χ4n) is 4.37. The van der Waals surface area contributed by atoms with E-state index < -0.39 is 17.7 Å². The quantitative estimate of drug-likeness (QED) is 0.366. The van der Waals surface area contributed by atoms with Gasteiger partial charge in [-0.2, -0.15) is 0 Å². The number of ether oxygens (including phenoxy) is 3. The van der Waals surface area contributed by atoms with Crippen molar-refractivity contribution < 1.29 is 28.9 Å². The van der Waals surface area contributed by atoms with Gasteiger partial charge < -0.3 is 24.2 Å². The summed E-state index contributed by atoms with van der Waals surface area (Å²) in [6.45, 7) is 1.33. The third-order valence-electron chi connectivity index (χ3n) is 5.98. The number of ketones is 1. The fourth-order valence-corrected chi connectivity index (χ4v) is 4.37. The van der Waals surface area contributed by atoms with E-state index in [4.69, 9.17) is 14.2 Å². The van der Waals surface area contributed by atoms with Crippen molar-refractivity contribution in [1.29, 1.82) is 0 Å². The molecule has 7 nitrogen and oxygen atoms in total. The van der Waals surface area contributed by atoms with E-state index in [1.54, 1.807) is 24.3 Å². The molecule has 2 aliphatic rings. The van der Waals surface area contributed by atoms with Crippen molar-refractivity contribution >= 4 is 28.2 Å². The summed E-state index contributed by atoms with van der Waals surface area (Å²) < 4.78 is 16.5. The first kappa shape index (κ1) is 21.0. The molecule has 1 atom stereocenters. The molecule has 0 radical (unpaired) electrons. The van der Waals surface area contributed by atoms with Crippen molar-refractivity contribution in [2.75, 3.05) is 33.5 Å². The van der Waals surface area contributed by atoms with Crippen LogP contribution in [0.4, 0.5) is 0 Å². The second-order valence-electron chi connectivity index (χ2n) is 7.95. The van der Waals surface area contributed by atoms with Gasteiger partial charge in [-0.15, -0.1) is 0 Å². The van der Waals surface area contributed by atoms with Crippen molar-refractivity contribution in [3.63, 3.8) is 0 Å². The maximum absolute atomic E-state index is 13.1. The van der Waals surface area contributed by atoms with E-state index in [0.717, 1.165) is 10.8 Å². The van der Waals surface area contributed by atoms with Gasteiger partial charge in [0.2, 0.25) is 0 Å². The lowest BCUT2D eigenvalue weighted by atomic mass is 9.94. The van der Waals surface area contributed by atoms with E-state index in [0.29, 0.717) is 35.8 Å². The second-order valence-corrected chi connectivity index (χ2v) is 7.95. The molecule has 3 aromatic carbocycles. The van der Waals surface area contributed by atoms with E-state index in [1.807, 2.05) is 36.4 Å². The molecule has 1 N–H and O–H groups in total. The zero-order chi connectivity index (χ0) is 22.9. The second kappa shape index (κ2) is 8.60. The van der Waals surface area contributed by atoms with Crippen molar-refractivity contribution in [3.8, 4) is 11.5 Å². The first-order valence-electron chi connectivity index (χ1n) is 10.7. The highest BCUT2D eigenvalue weighted by molar-refractivity contribution is 6.46. The lowest BCUT2D eigenvalue weighted by molar-refractivity contribution is -0.140. The summed E-state index contributed by atoms with van der Waals surface area (Å²) in [5.41, 5.74) is 1.17. The molecule has 1 fully saturated rings. The summed E-state index contributed by atoms with van der Waals surface area (Å²) in [5, 5.41) is 13.2. The molecule has 0 saturated carbocycles. The van der Waals surface area contributed by atoms with Crippen LogP contribution in [0.1, 0.15) is 17.2 Å². The largest absolute Gasteiger partial charge is 0.507 e. The molecule has 1 saturated heterocycles. The van der Waals surface area contributed by atoms with Gasteiger partial charge in [0, 0.05) is 19.2 Å². The van der Waals surface area contributed by atoms with Crippen molar-refractivity contribution in [2.24, 2.45) is 0 Å². The monoisotopic (exact) mass is 445 g/mol. The average molecular weight is 445 g/mol. The maximum atomic E-state index is 13.1. The van der Waals surface area contributed by atoms with Crippen LogP contribution in [0.2, 0.25) is 0 Å². The highest BCUT2D eigenvalue weighted by Gasteiger charge is 2.46. The van der Waals surface area contributed by atoms with Gasteiger partial charge in [0.25, 0.3) is 11.7 Å². The number of hydrogen-bond donors (Lipinski definition) is 1. The van der Waals surface area contributed by atoms with Crippen LogP contribution in [0.25, 0.3) is 16.5 Å². The van der Waals surface area contributed by atoms with Crippen LogP contribution in [0.3, 0.4) is 0 Å². The van der Waals surface area contributed by atoms with E-state index in [9.17, 15) is 14.7 Å². The third kappa shape index (κ3) is 3.70. The SMILES string of the molecule is COCCN1C(=O)C(=O)/C(=C(\O)c2ccc3ccccc3c2)C1c1ccc2c(c1)OCCO2. The Hall–Kier alpha value is -3.84.